The Labute approximate surface area is 102 Å². The molecule has 0 amide bonds. The molecule has 0 aromatic heterocycles. The first-order valence-corrected chi connectivity index (χ1v) is 7.34. The van der Waals surface area contributed by atoms with Crippen LogP contribution in [0.2, 0.25) is 0 Å². The summed E-state index contributed by atoms with van der Waals surface area (Å²) in [7, 11) is 0. The Morgan fingerprint density at radius 1 is 0.938 bits per heavy atom. The Morgan fingerprint density at radius 3 is 2.00 bits per heavy atom. The lowest BCUT2D eigenvalue weighted by atomic mass is 9.79. The largest absolute Gasteiger partial charge is 0.314 e. The molecule has 1 aliphatic rings. The number of rotatable bonds is 5. The minimum absolute atomic E-state index is 0.629. The van der Waals surface area contributed by atoms with Gasteiger partial charge in [0.1, 0.15) is 0 Å². The summed E-state index contributed by atoms with van der Waals surface area (Å²) < 4.78 is 0. The molecule has 0 spiro atoms. The van der Waals surface area contributed by atoms with E-state index in [1.165, 1.54) is 45.1 Å². The van der Waals surface area contributed by atoms with E-state index in [9.17, 15) is 0 Å². The molecule has 0 aromatic carbocycles. The monoisotopic (exact) mass is 225 g/mol. The summed E-state index contributed by atoms with van der Waals surface area (Å²) in [6.45, 7) is 10.6. The van der Waals surface area contributed by atoms with E-state index in [2.05, 4.69) is 33.0 Å². The summed E-state index contributed by atoms with van der Waals surface area (Å²) in [5.41, 5.74) is 0. The van der Waals surface area contributed by atoms with E-state index >= 15 is 0 Å². The van der Waals surface area contributed by atoms with Crippen LogP contribution in [-0.2, 0) is 0 Å². The Bertz CT molecular complexity index is 168. The van der Waals surface area contributed by atoms with Crippen LogP contribution in [0.5, 0.6) is 0 Å². The van der Waals surface area contributed by atoms with Gasteiger partial charge in [-0.3, -0.25) is 0 Å². The molecule has 0 saturated heterocycles. The van der Waals surface area contributed by atoms with Gasteiger partial charge < -0.3 is 5.32 Å². The molecule has 1 nitrogen and oxygen atoms in total. The molecule has 0 aromatic rings. The third-order valence-electron chi connectivity index (χ3n) is 4.39. The highest BCUT2D eigenvalue weighted by Crippen LogP contribution is 2.32. The molecule has 0 aliphatic heterocycles. The zero-order valence-electron chi connectivity index (χ0n) is 11.8. The Hall–Kier alpha value is -0.0400. The Morgan fingerprint density at radius 2 is 1.50 bits per heavy atom. The minimum Gasteiger partial charge on any atom is -0.314 e. The highest BCUT2D eigenvalue weighted by Gasteiger charge is 2.23. The fourth-order valence-electron chi connectivity index (χ4n) is 2.91. The molecule has 2 unspecified atom stereocenters. The van der Waals surface area contributed by atoms with Crippen LogP contribution in [-0.4, -0.2) is 12.6 Å². The van der Waals surface area contributed by atoms with Gasteiger partial charge in [0.25, 0.3) is 0 Å². The third-order valence-corrected chi connectivity index (χ3v) is 4.39. The maximum atomic E-state index is 3.58. The summed E-state index contributed by atoms with van der Waals surface area (Å²) >= 11 is 0. The fraction of sp³-hybridized carbons (Fsp3) is 1.00. The average Bonchev–Trinajstić information content (AvgIpc) is 2.53. The van der Waals surface area contributed by atoms with Crippen LogP contribution in [0.4, 0.5) is 0 Å². The van der Waals surface area contributed by atoms with Crippen molar-refractivity contribution in [1.82, 2.24) is 5.32 Å². The van der Waals surface area contributed by atoms with Crippen molar-refractivity contribution in [3.63, 3.8) is 0 Å². The van der Waals surface area contributed by atoms with Crippen molar-refractivity contribution < 1.29 is 0 Å². The first-order valence-electron chi connectivity index (χ1n) is 7.34. The van der Waals surface area contributed by atoms with Gasteiger partial charge in [-0.2, -0.15) is 0 Å². The predicted octanol–water partition coefficient (Wildman–Crippen LogP) is 4.23. The molecule has 2 atom stereocenters. The number of hydrogen-bond acceptors (Lipinski definition) is 1. The van der Waals surface area contributed by atoms with Crippen molar-refractivity contribution in [2.75, 3.05) is 6.54 Å². The van der Waals surface area contributed by atoms with Crippen molar-refractivity contribution >= 4 is 0 Å². The zero-order chi connectivity index (χ0) is 12.0. The van der Waals surface area contributed by atoms with Crippen molar-refractivity contribution in [2.24, 2.45) is 17.8 Å². The van der Waals surface area contributed by atoms with Gasteiger partial charge in [0.2, 0.25) is 0 Å². The van der Waals surface area contributed by atoms with Crippen molar-refractivity contribution in [3.8, 4) is 0 Å². The van der Waals surface area contributed by atoms with E-state index in [-0.39, 0.29) is 0 Å². The Balaban J connectivity index is 2.32. The normalized spacial score (nSPS) is 23.1. The summed E-state index contributed by atoms with van der Waals surface area (Å²) in [6.07, 6.45) is 8.85. The first kappa shape index (κ1) is 14.0. The van der Waals surface area contributed by atoms with Gasteiger partial charge in [0.05, 0.1) is 0 Å². The zero-order valence-corrected chi connectivity index (χ0v) is 11.8. The molecule has 1 N–H and O–H groups in total. The van der Waals surface area contributed by atoms with Gasteiger partial charge in [-0.25, -0.2) is 0 Å². The van der Waals surface area contributed by atoms with E-state index in [1.54, 1.807) is 0 Å². The standard InChI is InChI=1S/C15H31N/c1-12(2)16-11-13(3)14(4)15-9-7-5-6-8-10-15/h12-16H,5-11H2,1-4H3. The van der Waals surface area contributed by atoms with Gasteiger partial charge in [0.15, 0.2) is 0 Å². The summed E-state index contributed by atoms with van der Waals surface area (Å²) in [5.74, 6) is 2.71. The molecule has 96 valence electrons. The van der Waals surface area contributed by atoms with E-state index < -0.39 is 0 Å². The molecule has 1 aliphatic carbocycles. The lowest BCUT2D eigenvalue weighted by Crippen LogP contribution is -2.32. The van der Waals surface area contributed by atoms with Crippen LogP contribution in [0, 0.1) is 17.8 Å². The van der Waals surface area contributed by atoms with Crippen LogP contribution in [0.25, 0.3) is 0 Å². The lowest BCUT2D eigenvalue weighted by molar-refractivity contribution is 0.230. The first-order chi connectivity index (χ1) is 7.61. The summed E-state index contributed by atoms with van der Waals surface area (Å²) in [5, 5.41) is 3.58. The minimum atomic E-state index is 0.629. The third kappa shape index (κ3) is 4.86. The molecule has 0 heterocycles. The predicted molar refractivity (Wildman–Crippen MR) is 72.7 cm³/mol. The van der Waals surface area contributed by atoms with Crippen LogP contribution in [0.15, 0.2) is 0 Å². The lowest BCUT2D eigenvalue weighted by Gasteiger charge is -2.29. The molecule has 1 fully saturated rings. The van der Waals surface area contributed by atoms with Crippen LogP contribution < -0.4 is 5.32 Å². The molecule has 0 radical (unpaired) electrons. The van der Waals surface area contributed by atoms with E-state index in [4.69, 9.17) is 0 Å². The second-order valence-corrected chi connectivity index (χ2v) is 6.15. The smallest absolute Gasteiger partial charge is 0.00104 e. The van der Waals surface area contributed by atoms with E-state index in [0.717, 1.165) is 17.8 Å². The van der Waals surface area contributed by atoms with Gasteiger partial charge in [-0.15, -0.1) is 0 Å². The van der Waals surface area contributed by atoms with Crippen LogP contribution in [0.3, 0.4) is 0 Å². The van der Waals surface area contributed by atoms with Gasteiger partial charge in [0, 0.05) is 6.04 Å². The average molecular weight is 225 g/mol. The van der Waals surface area contributed by atoms with E-state index in [0.29, 0.717) is 6.04 Å². The molecule has 16 heavy (non-hydrogen) atoms. The highest BCUT2D eigenvalue weighted by atomic mass is 14.9. The molecule has 1 heteroatoms. The number of nitrogens with one attached hydrogen (secondary N) is 1. The van der Waals surface area contributed by atoms with Gasteiger partial charge in [-0.05, 0) is 24.3 Å². The second kappa shape index (κ2) is 7.32. The molecular formula is C15H31N. The van der Waals surface area contributed by atoms with Crippen LogP contribution >= 0.6 is 0 Å². The second-order valence-electron chi connectivity index (χ2n) is 6.15. The molecule has 1 saturated carbocycles. The maximum Gasteiger partial charge on any atom is 0.00104 e. The topological polar surface area (TPSA) is 12.0 Å². The van der Waals surface area contributed by atoms with Crippen molar-refractivity contribution in [1.29, 1.82) is 0 Å². The fourth-order valence-corrected chi connectivity index (χ4v) is 2.91. The van der Waals surface area contributed by atoms with Gasteiger partial charge in [-0.1, -0.05) is 66.2 Å². The summed E-state index contributed by atoms with van der Waals surface area (Å²) in [4.78, 5) is 0. The Kier molecular flexibility index (Phi) is 6.41. The van der Waals surface area contributed by atoms with Crippen molar-refractivity contribution in [2.45, 2.75) is 72.3 Å². The number of hydrogen-bond donors (Lipinski definition) is 1. The van der Waals surface area contributed by atoms with E-state index in [1.807, 2.05) is 0 Å². The van der Waals surface area contributed by atoms with Gasteiger partial charge >= 0.3 is 0 Å². The summed E-state index contributed by atoms with van der Waals surface area (Å²) in [6, 6.07) is 0.629. The SMILES string of the molecule is CC(C)NCC(C)C(C)C1CCCCCC1. The highest BCUT2D eigenvalue weighted by molar-refractivity contribution is 4.75. The van der Waals surface area contributed by atoms with Crippen molar-refractivity contribution in [3.05, 3.63) is 0 Å². The maximum absolute atomic E-state index is 3.58. The molecule has 1 rings (SSSR count). The van der Waals surface area contributed by atoms with Crippen LogP contribution in [0.1, 0.15) is 66.2 Å². The quantitative estimate of drug-likeness (QED) is 0.691. The molecular weight excluding hydrogens is 194 g/mol. The molecule has 0 bridgehead atoms.